The molecule has 2 N–H and O–H groups in total. The first-order chi connectivity index (χ1) is 15.8. The van der Waals surface area contributed by atoms with Crippen molar-refractivity contribution in [1.82, 2.24) is 24.5 Å². The number of hydrogen-bond acceptors (Lipinski definition) is 6. The van der Waals surface area contributed by atoms with Crippen LogP contribution < -0.4 is 5.73 Å². The minimum Gasteiger partial charge on any atom is -0.384 e. The van der Waals surface area contributed by atoms with Gasteiger partial charge in [0.2, 0.25) is 0 Å². The van der Waals surface area contributed by atoms with Crippen LogP contribution in [-0.2, 0) is 11.2 Å². The van der Waals surface area contributed by atoms with Crippen molar-refractivity contribution in [2.45, 2.75) is 45.7 Å². The molecule has 34 heavy (non-hydrogen) atoms. The van der Waals surface area contributed by atoms with Crippen molar-refractivity contribution in [3.05, 3.63) is 59.5 Å². The third kappa shape index (κ3) is 4.53. The van der Waals surface area contributed by atoms with Gasteiger partial charge in [0.25, 0.3) is 0 Å². The van der Waals surface area contributed by atoms with E-state index in [0.29, 0.717) is 30.1 Å². The Bertz CT molecular complexity index is 1320. The molecule has 0 bridgehead atoms. The van der Waals surface area contributed by atoms with Crippen molar-refractivity contribution >= 4 is 16.6 Å². The first kappa shape index (κ1) is 24.2. The minimum absolute atomic E-state index is 0. The van der Waals surface area contributed by atoms with E-state index in [1.54, 1.807) is 13.2 Å². The maximum absolute atomic E-state index is 14.4. The fourth-order valence-electron chi connectivity index (χ4n) is 4.61. The topological polar surface area (TPSA) is 81.6 Å². The highest BCUT2D eigenvalue weighted by Crippen LogP contribution is 2.29. The van der Waals surface area contributed by atoms with Crippen LogP contribution in [0.2, 0.25) is 0 Å². The van der Waals surface area contributed by atoms with Gasteiger partial charge in [0.1, 0.15) is 11.5 Å². The van der Waals surface area contributed by atoms with E-state index in [-0.39, 0.29) is 24.8 Å². The number of aromatic nitrogens is 4. The number of nitrogens with two attached hydrogens (primary N) is 1. The largest absolute Gasteiger partial charge is 0.384 e. The molecular weight excluding hydrogens is 431 g/mol. The van der Waals surface area contributed by atoms with E-state index in [9.17, 15) is 4.39 Å². The van der Waals surface area contributed by atoms with E-state index in [1.165, 1.54) is 11.6 Å². The molecule has 0 amide bonds. The second-order valence-corrected chi connectivity index (χ2v) is 9.34. The standard InChI is InChI=1S/C25H29FN6O.CH4/c1-16(31-10-9-25(2,27)15-31)19-5-7-23-29-30-24(32(23)14-19)21-6-4-18-12-20(26)17(8-11-33-3)13-22(18)28-21;/h4-7,12-14,16H,8-11,15,27H2,1-3H3;1H4/t16-,25+;/m1./s1. The van der Waals surface area contributed by atoms with Gasteiger partial charge in [-0.15, -0.1) is 10.2 Å². The summed E-state index contributed by atoms with van der Waals surface area (Å²) in [6, 6.07) is 11.4. The molecule has 1 aliphatic heterocycles. The summed E-state index contributed by atoms with van der Waals surface area (Å²) in [5.41, 5.74) is 10.1. The van der Waals surface area contributed by atoms with Crippen LogP contribution in [0, 0.1) is 5.82 Å². The van der Waals surface area contributed by atoms with Gasteiger partial charge in [-0.2, -0.15) is 0 Å². The third-order valence-corrected chi connectivity index (χ3v) is 6.65. The van der Waals surface area contributed by atoms with Gasteiger partial charge in [-0.3, -0.25) is 9.30 Å². The van der Waals surface area contributed by atoms with Gasteiger partial charge in [-0.05, 0) is 62.1 Å². The van der Waals surface area contributed by atoms with Crippen LogP contribution in [0.1, 0.15) is 44.9 Å². The number of methoxy groups -OCH3 is 1. The highest BCUT2D eigenvalue weighted by Gasteiger charge is 2.32. The molecule has 0 saturated carbocycles. The quantitative estimate of drug-likeness (QED) is 0.456. The van der Waals surface area contributed by atoms with Crippen LogP contribution in [0.15, 0.2) is 42.6 Å². The molecule has 0 spiro atoms. The Morgan fingerprint density at radius 1 is 1.21 bits per heavy atom. The molecule has 1 aromatic carbocycles. The average Bonchev–Trinajstić information content (AvgIpc) is 3.39. The van der Waals surface area contributed by atoms with Crippen LogP contribution in [0.25, 0.3) is 28.1 Å². The van der Waals surface area contributed by atoms with Crippen molar-refractivity contribution < 1.29 is 9.13 Å². The molecule has 3 aromatic heterocycles. The summed E-state index contributed by atoms with van der Waals surface area (Å²) in [6.07, 6.45) is 3.57. The Hall–Kier alpha value is -2.94. The molecule has 2 atom stereocenters. The molecule has 5 rings (SSSR count). The molecule has 7 nitrogen and oxygen atoms in total. The predicted octanol–water partition coefficient (Wildman–Crippen LogP) is 4.39. The number of pyridine rings is 2. The first-order valence-corrected chi connectivity index (χ1v) is 11.3. The highest BCUT2D eigenvalue weighted by molar-refractivity contribution is 5.82. The minimum atomic E-state index is -0.240. The Balaban J connectivity index is 0.00000274. The normalized spacial score (nSPS) is 19.6. The van der Waals surface area contributed by atoms with Gasteiger partial charge in [0.05, 0.1) is 12.1 Å². The lowest BCUT2D eigenvalue weighted by Gasteiger charge is -2.26. The molecule has 4 heterocycles. The Morgan fingerprint density at radius 3 is 2.76 bits per heavy atom. The lowest BCUT2D eigenvalue weighted by atomic mass is 10.0. The number of nitrogens with zero attached hydrogens (tertiary/aromatic N) is 5. The molecule has 0 aliphatic carbocycles. The van der Waals surface area contributed by atoms with E-state index < -0.39 is 0 Å². The molecule has 4 aromatic rings. The SMILES string of the molecule is C.COCCc1cc2nc(-c3nnc4ccc([C@@H](C)N5CC[C@](C)(N)C5)cn34)ccc2cc1F. The molecule has 0 unspecified atom stereocenters. The zero-order valence-electron chi connectivity index (χ0n) is 19.3. The number of ether oxygens (including phenoxy) is 1. The summed E-state index contributed by atoms with van der Waals surface area (Å²) in [5, 5.41) is 9.49. The van der Waals surface area contributed by atoms with Gasteiger partial charge in [-0.1, -0.05) is 19.6 Å². The summed E-state index contributed by atoms with van der Waals surface area (Å²) in [6.45, 7) is 6.62. The highest BCUT2D eigenvalue weighted by atomic mass is 19.1. The van der Waals surface area contributed by atoms with Gasteiger partial charge >= 0.3 is 0 Å². The number of likely N-dealkylation sites (tertiary alicyclic amines) is 1. The summed E-state index contributed by atoms with van der Waals surface area (Å²) >= 11 is 0. The van der Waals surface area contributed by atoms with Crippen molar-refractivity contribution in [2.24, 2.45) is 5.73 Å². The van der Waals surface area contributed by atoms with Crippen molar-refractivity contribution in [3.8, 4) is 11.5 Å². The Labute approximate surface area is 199 Å². The summed E-state index contributed by atoms with van der Waals surface area (Å²) in [7, 11) is 1.61. The number of fused-ring (bicyclic) bond motifs is 2. The Morgan fingerprint density at radius 2 is 2.03 bits per heavy atom. The molecule has 1 aliphatic rings. The lowest BCUT2D eigenvalue weighted by molar-refractivity contribution is 0.201. The molecule has 0 radical (unpaired) electrons. The van der Waals surface area contributed by atoms with Crippen LogP contribution in [0.5, 0.6) is 0 Å². The third-order valence-electron chi connectivity index (χ3n) is 6.65. The monoisotopic (exact) mass is 464 g/mol. The zero-order valence-corrected chi connectivity index (χ0v) is 19.3. The second kappa shape index (κ2) is 9.37. The maximum atomic E-state index is 14.4. The van der Waals surface area contributed by atoms with E-state index in [1.807, 2.05) is 22.6 Å². The van der Waals surface area contributed by atoms with Crippen LogP contribution in [-0.4, -0.2) is 56.8 Å². The van der Waals surface area contributed by atoms with Crippen LogP contribution in [0.3, 0.4) is 0 Å². The van der Waals surface area contributed by atoms with Gasteiger partial charge < -0.3 is 10.5 Å². The molecule has 8 heteroatoms. The van der Waals surface area contributed by atoms with Crippen molar-refractivity contribution in [3.63, 3.8) is 0 Å². The molecule has 1 saturated heterocycles. The second-order valence-electron chi connectivity index (χ2n) is 9.34. The Kier molecular flexibility index (Phi) is 6.66. The summed E-state index contributed by atoms with van der Waals surface area (Å²) in [5.74, 6) is 0.421. The molecule has 180 valence electrons. The molecule has 1 fully saturated rings. The van der Waals surface area contributed by atoms with Gasteiger partial charge in [-0.25, -0.2) is 9.37 Å². The maximum Gasteiger partial charge on any atom is 0.187 e. The van der Waals surface area contributed by atoms with Crippen LogP contribution in [0.4, 0.5) is 4.39 Å². The number of rotatable bonds is 6. The van der Waals surface area contributed by atoms with E-state index >= 15 is 0 Å². The van der Waals surface area contributed by atoms with Gasteiger partial charge in [0.15, 0.2) is 11.5 Å². The number of benzene rings is 1. The fourth-order valence-corrected chi connectivity index (χ4v) is 4.61. The predicted molar refractivity (Wildman–Crippen MR) is 133 cm³/mol. The van der Waals surface area contributed by atoms with Crippen LogP contribution >= 0.6 is 0 Å². The molecular formula is C26H33FN6O. The fraction of sp³-hybridized carbons (Fsp3) is 0.423. The van der Waals surface area contributed by atoms with Gasteiger partial charge in [0, 0.05) is 43.4 Å². The number of halogens is 1. The lowest BCUT2D eigenvalue weighted by Crippen LogP contribution is -2.39. The smallest absolute Gasteiger partial charge is 0.187 e. The van der Waals surface area contributed by atoms with E-state index in [4.69, 9.17) is 15.5 Å². The summed E-state index contributed by atoms with van der Waals surface area (Å²) < 4.78 is 21.5. The van der Waals surface area contributed by atoms with E-state index in [0.717, 1.165) is 36.1 Å². The number of hydrogen-bond donors (Lipinski definition) is 1. The average molecular weight is 465 g/mol. The van der Waals surface area contributed by atoms with Crippen molar-refractivity contribution in [1.29, 1.82) is 0 Å². The van der Waals surface area contributed by atoms with E-state index in [2.05, 4.69) is 41.2 Å². The summed E-state index contributed by atoms with van der Waals surface area (Å²) in [4.78, 5) is 7.20. The zero-order chi connectivity index (χ0) is 23.2. The van der Waals surface area contributed by atoms with Crippen molar-refractivity contribution in [2.75, 3.05) is 26.8 Å². The first-order valence-electron chi connectivity index (χ1n) is 11.3.